The van der Waals surface area contributed by atoms with Crippen molar-refractivity contribution in [3.05, 3.63) is 29.8 Å². The molecule has 0 radical (unpaired) electrons. The fourth-order valence-corrected chi connectivity index (χ4v) is 2.27. The van der Waals surface area contributed by atoms with E-state index in [4.69, 9.17) is 5.11 Å². The van der Waals surface area contributed by atoms with Gasteiger partial charge in [-0.25, -0.2) is 0 Å². The Morgan fingerprint density at radius 3 is 2.61 bits per heavy atom. The molecule has 1 fully saturated rings. The van der Waals surface area contributed by atoms with Crippen molar-refractivity contribution in [2.45, 2.75) is 39.0 Å². The van der Waals surface area contributed by atoms with E-state index in [-0.39, 0.29) is 18.6 Å². The smallest absolute Gasteiger partial charge is 0.244 e. The molecule has 18 heavy (non-hydrogen) atoms. The molecule has 1 aliphatic heterocycles. The highest BCUT2D eigenvalue weighted by Crippen LogP contribution is 2.22. The van der Waals surface area contributed by atoms with Gasteiger partial charge >= 0.3 is 0 Å². The Kier molecular flexibility index (Phi) is 3.99. The number of carbonyl (C=O) groups excluding carboxylic acids is 1. The molecule has 0 aliphatic carbocycles. The van der Waals surface area contributed by atoms with Gasteiger partial charge in [-0.1, -0.05) is 26.0 Å². The first-order chi connectivity index (χ1) is 8.61. The Bertz CT molecular complexity index is 414. The highest BCUT2D eigenvalue weighted by molar-refractivity contribution is 5.99. The molecule has 0 spiro atoms. The summed E-state index contributed by atoms with van der Waals surface area (Å²) in [5.74, 6) is 0.139. The van der Waals surface area contributed by atoms with Crippen LogP contribution < -0.4 is 10.2 Å². The van der Waals surface area contributed by atoms with Crippen LogP contribution in [0.4, 0.5) is 5.69 Å². The van der Waals surface area contributed by atoms with Crippen LogP contribution in [0.5, 0.6) is 0 Å². The molecule has 0 saturated carbocycles. The van der Waals surface area contributed by atoms with E-state index in [1.165, 1.54) is 0 Å². The third-order valence-electron chi connectivity index (χ3n) is 3.17. The summed E-state index contributed by atoms with van der Waals surface area (Å²) in [6.45, 7) is 4.88. The molecular weight excluding hydrogens is 228 g/mol. The van der Waals surface area contributed by atoms with Crippen LogP contribution in [0.25, 0.3) is 0 Å². The lowest BCUT2D eigenvalue weighted by Crippen LogP contribution is -2.41. The van der Waals surface area contributed by atoms with Crippen LogP contribution in [-0.2, 0) is 11.4 Å². The van der Waals surface area contributed by atoms with Crippen LogP contribution in [0.2, 0.25) is 0 Å². The Morgan fingerprint density at radius 2 is 2.06 bits per heavy atom. The van der Waals surface area contributed by atoms with Crippen molar-refractivity contribution in [3.63, 3.8) is 0 Å². The summed E-state index contributed by atoms with van der Waals surface area (Å²) >= 11 is 0. The van der Waals surface area contributed by atoms with Gasteiger partial charge in [-0.3, -0.25) is 4.79 Å². The molecular formula is C14H20N2O2. The number of benzene rings is 1. The molecule has 2 rings (SSSR count). The molecule has 0 bridgehead atoms. The largest absolute Gasteiger partial charge is 0.392 e. The first-order valence-electron chi connectivity index (χ1n) is 6.39. The number of nitrogens with zero attached hydrogens (tertiary/aromatic N) is 1. The molecule has 2 N–H and O–H groups in total. The summed E-state index contributed by atoms with van der Waals surface area (Å²) in [7, 11) is 0. The number of rotatable bonds is 4. The number of hydrogen-bond acceptors (Lipinski definition) is 3. The van der Waals surface area contributed by atoms with Gasteiger partial charge in [0, 0.05) is 18.3 Å². The molecule has 1 heterocycles. The van der Waals surface area contributed by atoms with Crippen molar-refractivity contribution in [2.75, 3.05) is 11.4 Å². The van der Waals surface area contributed by atoms with Crippen molar-refractivity contribution in [2.24, 2.45) is 0 Å². The summed E-state index contributed by atoms with van der Waals surface area (Å²) in [6, 6.07) is 7.73. The Hall–Kier alpha value is -1.39. The zero-order chi connectivity index (χ0) is 13.1. The van der Waals surface area contributed by atoms with E-state index in [1.54, 1.807) is 4.90 Å². The highest BCUT2D eigenvalue weighted by atomic mass is 16.3. The molecule has 1 aromatic rings. The van der Waals surface area contributed by atoms with E-state index in [1.807, 2.05) is 38.1 Å². The highest BCUT2D eigenvalue weighted by Gasteiger charge is 2.32. The summed E-state index contributed by atoms with van der Waals surface area (Å²) in [5, 5.41) is 12.3. The molecule has 0 aromatic heterocycles. The molecule has 4 heteroatoms. The van der Waals surface area contributed by atoms with Gasteiger partial charge in [-0.15, -0.1) is 0 Å². The normalized spacial score (nSPS) is 19.9. The van der Waals surface area contributed by atoms with E-state index < -0.39 is 0 Å². The Balaban J connectivity index is 2.08. The molecule has 1 saturated heterocycles. The first-order valence-corrected chi connectivity index (χ1v) is 6.39. The third kappa shape index (κ3) is 2.71. The zero-order valence-electron chi connectivity index (χ0n) is 10.9. The lowest BCUT2D eigenvalue weighted by molar-refractivity contribution is -0.118. The topological polar surface area (TPSA) is 52.6 Å². The van der Waals surface area contributed by atoms with E-state index in [2.05, 4.69) is 5.32 Å². The van der Waals surface area contributed by atoms with Crippen molar-refractivity contribution < 1.29 is 9.90 Å². The zero-order valence-corrected chi connectivity index (χ0v) is 10.9. The van der Waals surface area contributed by atoms with Gasteiger partial charge in [0.05, 0.1) is 12.6 Å². The summed E-state index contributed by atoms with van der Waals surface area (Å²) < 4.78 is 0. The Labute approximate surface area is 108 Å². The van der Waals surface area contributed by atoms with Crippen LogP contribution in [-0.4, -0.2) is 29.6 Å². The third-order valence-corrected chi connectivity index (χ3v) is 3.17. The van der Waals surface area contributed by atoms with Crippen LogP contribution in [0.3, 0.4) is 0 Å². The molecule has 1 aromatic carbocycles. The minimum atomic E-state index is -0.0671. The standard InChI is InChI=1S/C14H20N2O2/c1-10(2)15-13-7-8-16(14(13)18)12-5-3-11(9-17)4-6-12/h3-6,10,13,15,17H,7-9H2,1-2H3. The van der Waals surface area contributed by atoms with E-state index in [0.717, 1.165) is 24.2 Å². The number of aliphatic hydroxyl groups excluding tert-OH is 1. The van der Waals surface area contributed by atoms with Crippen molar-refractivity contribution in [3.8, 4) is 0 Å². The maximum Gasteiger partial charge on any atom is 0.244 e. The monoisotopic (exact) mass is 248 g/mol. The number of carbonyl (C=O) groups is 1. The molecule has 4 nitrogen and oxygen atoms in total. The van der Waals surface area contributed by atoms with Crippen molar-refractivity contribution >= 4 is 11.6 Å². The average Bonchev–Trinajstić information content (AvgIpc) is 2.71. The number of hydrogen-bond donors (Lipinski definition) is 2. The van der Waals surface area contributed by atoms with Crippen LogP contribution in [0, 0.1) is 0 Å². The van der Waals surface area contributed by atoms with Crippen molar-refractivity contribution in [1.82, 2.24) is 5.32 Å². The summed E-state index contributed by atoms with van der Waals surface area (Å²) in [6.07, 6.45) is 0.846. The molecule has 98 valence electrons. The summed E-state index contributed by atoms with van der Waals surface area (Å²) in [4.78, 5) is 14.0. The fraction of sp³-hybridized carbons (Fsp3) is 0.500. The lowest BCUT2D eigenvalue weighted by Gasteiger charge is -2.18. The average molecular weight is 248 g/mol. The lowest BCUT2D eigenvalue weighted by atomic mass is 10.2. The van der Waals surface area contributed by atoms with Gasteiger partial charge in [-0.2, -0.15) is 0 Å². The van der Waals surface area contributed by atoms with Gasteiger partial charge in [0.25, 0.3) is 0 Å². The van der Waals surface area contributed by atoms with Gasteiger partial charge in [0.2, 0.25) is 5.91 Å². The van der Waals surface area contributed by atoms with Crippen molar-refractivity contribution in [1.29, 1.82) is 0 Å². The minimum absolute atomic E-state index is 0.0335. The number of anilines is 1. The van der Waals surface area contributed by atoms with Gasteiger partial charge in [0.1, 0.15) is 0 Å². The SMILES string of the molecule is CC(C)NC1CCN(c2ccc(CO)cc2)C1=O. The van der Waals surface area contributed by atoms with Crippen LogP contribution >= 0.6 is 0 Å². The molecule has 1 atom stereocenters. The van der Waals surface area contributed by atoms with E-state index >= 15 is 0 Å². The van der Waals surface area contributed by atoms with Gasteiger partial charge in [0.15, 0.2) is 0 Å². The second-order valence-electron chi connectivity index (χ2n) is 4.98. The quantitative estimate of drug-likeness (QED) is 0.844. The predicted molar refractivity (Wildman–Crippen MR) is 71.4 cm³/mol. The maximum absolute atomic E-state index is 12.2. The van der Waals surface area contributed by atoms with Gasteiger partial charge < -0.3 is 15.3 Å². The minimum Gasteiger partial charge on any atom is -0.392 e. The number of aliphatic hydroxyl groups is 1. The van der Waals surface area contributed by atoms with E-state index in [9.17, 15) is 4.79 Å². The molecule has 1 aliphatic rings. The first kappa shape index (κ1) is 13.1. The fourth-order valence-electron chi connectivity index (χ4n) is 2.27. The second-order valence-corrected chi connectivity index (χ2v) is 4.98. The number of amides is 1. The van der Waals surface area contributed by atoms with Crippen LogP contribution in [0.1, 0.15) is 25.8 Å². The Morgan fingerprint density at radius 1 is 1.39 bits per heavy atom. The van der Waals surface area contributed by atoms with Gasteiger partial charge in [-0.05, 0) is 24.1 Å². The van der Waals surface area contributed by atoms with Crippen LogP contribution in [0.15, 0.2) is 24.3 Å². The second kappa shape index (κ2) is 5.50. The molecule has 1 unspecified atom stereocenters. The van der Waals surface area contributed by atoms with E-state index in [0.29, 0.717) is 6.04 Å². The maximum atomic E-state index is 12.2. The predicted octanol–water partition coefficient (Wildman–Crippen LogP) is 1.28. The number of nitrogens with one attached hydrogen (secondary N) is 1. The molecule has 1 amide bonds. The summed E-state index contributed by atoms with van der Waals surface area (Å²) in [5.41, 5.74) is 1.77.